The van der Waals surface area contributed by atoms with Crippen molar-refractivity contribution in [2.45, 2.75) is 18.4 Å². The molecule has 0 bridgehead atoms. The number of benzene rings is 1. The number of hydrogen-bond acceptors (Lipinski definition) is 5. The number of aromatic nitrogens is 2. The Bertz CT molecular complexity index is 797. The van der Waals surface area contributed by atoms with Crippen molar-refractivity contribution in [3.8, 4) is 5.75 Å². The number of rotatable bonds is 6. The van der Waals surface area contributed by atoms with Gasteiger partial charge in [0.05, 0.1) is 13.4 Å². The number of ether oxygens (including phenoxy) is 1. The van der Waals surface area contributed by atoms with Gasteiger partial charge in [0, 0.05) is 51.7 Å². The van der Waals surface area contributed by atoms with Crippen LogP contribution in [0.5, 0.6) is 5.75 Å². The number of hydrogen-bond donors (Lipinski definition) is 0. The Kier molecular flexibility index (Phi) is 5.41. The highest BCUT2D eigenvalue weighted by Gasteiger charge is 2.30. The van der Waals surface area contributed by atoms with E-state index >= 15 is 0 Å². The Morgan fingerprint density at radius 2 is 1.92 bits per heavy atom. The number of piperazine rings is 1. The van der Waals surface area contributed by atoms with Crippen LogP contribution in [0.1, 0.15) is 5.56 Å². The molecule has 0 aliphatic carbocycles. The van der Waals surface area contributed by atoms with E-state index in [1.165, 1.54) is 7.11 Å². The Hall–Kier alpha value is -1.90. The van der Waals surface area contributed by atoms with Crippen molar-refractivity contribution in [3.05, 3.63) is 42.5 Å². The van der Waals surface area contributed by atoms with Crippen LogP contribution in [0.15, 0.2) is 41.8 Å². The monoisotopic (exact) mass is 364 g/mol. The third-order valence-corrected chi connectivity index (χ3v) is 6.42. The van der Waals surface area contributed by atoms with Gasteiger partial charge in [-0.15, -0.1) is 0 Å². The molecule has 0 saturated carbocycles. The smallest absolute Gasteiger partial charge is 0.246 e. The molecular formula is C17H24N4O3S. The molecule has 0 amide bonds. The average molecular weight is 364 g/mol. The fraction of sp³-hybridized carbons (Fsp3) is 0.471. The van der Waals surface area contributed by atoms with E-state index in [0.29, 0.717) is 18.8 Å². The van der Waals surface area contributed by atoms with E-state index in [4.69, 9.17) is 4.74 Å². The summed E-state index contributed by atoms with van der Waals surface area (Å²) >= 11 is 0. The molecule has 2 aromatic rings. The summed E-state index contributed by atoms with van der Waals surface area (Å²) in [5, 5.41) is 0. The van der Waals surface area contributed by atoms with E-state index in [1.54, 1.807) is 29.0 Å². The maximum absolute atomic E-state index is 13.0. The molecule has 7 nitrogen and oxygen atoms in total. The minimum absolute atomic E-state index is 0.252. The van der Waals surface area contributed by atoms with Crippen LogP contribution in [0.2, 0.25) is 0 Å². The first-order chi connectivity index (χ1) is 12.0. The van der Waals surface area contributed by atoms with E-state index in [-0.39, 0.29) is 4.90 Å². The second-order valence-electron chi connectivity index (χ2n) is 6.20. The number of nitrogens with zero attached hydrogens (tertiary/aromatic N) is 4. The molecular weight excluding hydrogens is 340 g/mol. The zero-order chi connectivity index (χ0) is 17.9. The van der Waals surface area contributed by atoms with Crippen LogP contribution >= 0.6 is 0 Å². The van der Waals surface area contributed by atoms with Gasteiger partial charge in [-0.05, 0) is 24.6 Å². The third kappa shape index (κ3) is 4.02. The highest BCUT2D eigenvalue weighted by atomic mass is 32.2. The Balaban J connectivity index is 1.64. The van der Waals surface area contributed by atoms with Gasteiger partial charge < -0.3 is 9.30 Å². The molecule has 0 spiro atoms. The standard InChI is InChI=1S/C17H24N4O3S/c1-15-3-4-16(24-2)17(13-15)25(22,23)21-11-9-19(10-12-21)7-8-20-6-5-18-14-20/h3-6,13-14H,7-12H2,1-2H3. The van der Waals surface area contributed by atoms with Crippen LogP contribution in [0.25, 0.3) is 0 Å². The lowest BCUT2D eigenvalue weighted by Crippen LogP contribution is -2.49. The van der Waals surface area contributed by atoms with Crippen LogP contribution in [-0.4, -0.2) is 67.0 Å². The Morgan fingerprint density at radius 3 is 2.56 bits per heavy atom. The van der Waals surface area contributed by atoms with Crippen molar-refractivity contribution in [2.75, 3.05) is 39.8 Å². The molecule has 0 N–H and O–H groups in total. The lowest BCUT2D eigenvalue weighted by Gasteiger charge is -2.34. The van der Waals surface area contributed by atoms with Crippen molar-refractivity contribution in [3.63, 3.8) is 0 Å². The van der Waals surface area contributed by atoms with Gasteiger partial charge in [-0.3, -0.25) is 4.90 Å². The normalized spacial score (nSPS) is 16.9. The first-order valence-corrected chi connectivity index (χ1v) is 9.77. The second kappa shape index (κ2) is 7.55. The SMILES string of the molecule is COc1ccc(C)cc1S(=O)(=O)N1CCN(CCn2ccnc2)CC1. The molecule has 1 aliphatic rings. The van der Waals surface area contributed by atoms with Gasteiger partial charge in [0.2, 0.25) is 10.0 Å². The summed E-state index contributed by atoms with van der Waals surface area (Å²) in [5.74, 6) is 0.396. The molecule has 0 unspecified atom stereocenters. The average Bonchev–Trinajstić information content (AvgIpc) is 3.14. The first kappa shape index (κ1) is 17.9. The van der Waals surface area contributed by atoms with Gasteiger partial charge in [-0.25, -0.2) is 13.4 Å². The van der Waals surface area contributed by atoms with Crippen molar-refractivity contribution < 1.29 is 13.2 Å². The summed E-state index contributed by atoms with van der Waals surface area (Å²) in [7, 11) is -2.04. The molecule has 0 radical (unpaired) electrons. The maximum atomic E-state index is 13.0. The van der Waals surface area contributed by atoms with Crippen LogP contribution in [0, 0.1) is 6.92 Å². The molecule has 0 atom stereocenters. The molecule has 8 heteroatoms. The quantitative estimate of drug-likeness (QED) is 0.771. The molecule has 2 heterocycles. The number of methoxy groups -OCH3 is 1. The van der Waals surface area contributed by atoms with E-state index in [2.05, 4.69) is 9.88 Å². The highest BCUT2D eigenvalue weighted by molar-refractivity contribution is 7.89. The van der Waals surface area contributed by atoms with Crippen molar-refractivity contribution in [1.29, 1.82) is 0 Å². The minimum atomic E-state index is -3.54. The summed E-state index contributed by atoms with van der Waals surface area (Å²) < 4.78 is 34.8. The first-order valence-electron chi connectivity index (χ1n) is 8.33. The molecule has 1 aromatic heterocycles. The Morgan fingerprint density at radius 1 is 1.16 bits per heavy atom. The molecule has 1 fully saturated rings. The maximum Gasteiger partial charge on any atom is 0.246 e. The third-order valence-electron chi connectivity index (χ3n) is 4.50. The largest absolute Gasteiger partial charge is 0.495 e. The Labute approximate surface area is 148 Å². The van der Waals surface area contributed by atoms with Crippen LogP contribution in [0.3, 0.4) is 0 Å². The van der Waals surface area contributed by atoms with Gasteiger partial charge in [0.25, 0.3) is 0 Å². The topological polar surface area (TPSA) is 67.7 Å². The number of sulfonamides is 1. The fourth-order valence-electron chi connectivity index (χ4n) is 2.99. The minimum Gasteiger partial charge on any atom is -0.495 e. The molecule has 1 saturated heterocycles. The van der Waals surface area contributed by atoms with Crippen LogP contribution < -0.4 is 4.74 Å². The van der Waals surface area contributed by atoms with E-state index < -0.39 is 10.0 Å². The highest BCUT2D eigenvalue weighted by Crippen LogP contribution is 2.28. The fourth-order valence-corrected chi connectivity index (χ4v) is 4.66. The summed E-state index contributed by atoms with van der Waals surface area (Å²) in [4.78, 5) is 6.56. The van der Waals surface area contributed by atoms with E-state index in [0.717, 1.165) is 31.7 Å². The molecule has 25 heavy (non-hydrogen) atoms. The van der Waals surface area contributed by atoms with Gasteiger partial charge in [0.15, 0.2) is 0 Å². The summed E-state index contributed by atoms with van der Waals surface area (Å²) in [6.07, 6.45) is 5.50. The predicted molar refractivity (Wildman–Crippen MR) is 95.2 cm³/mol. The second-order valence-corrected chi connectivity index (χ2v) is 8.11. The van der Waals surface area contributed by atoms with Crippen molar-refractivity contribution in [2.24, 2.45) is 0 Å². The van der Waals surface area contributed by atoms with Gasteiger partial charge >= 0.3 is 0 Å². The molecule has 3 rings (SSSR count). The summed E-state index contributed by atoms with van der Waals surface area (Å²) in [6, 6.07) is 5.25. The van der Waals surface area contributed by atoms with Gasteiger partial charge in [-0.2, -0.15) is 4.31 Å². The summed E-state index contributed by atoms with van der Waals surface area (Å²) in [5.41, 5.74) is 0.901. The van der Waals surface area contributed by atoms with Crippen molar-refractivity contribution in [1.82, 2.24) is 18.8 Å². The number of imidazole rings is 1. The van der Waals surface area contributed by atoms with Gasteiger partial charge in [0.1, 0.15) is 10.6 Å². The zero-order valence-corrected chi connectivity index (χ0v) is 15.4. The van der Waals surface area contributed by atoms with Gasteiger partial charge in [-0.1, -0.05) is 6.07 Å². The molecule has 1 aliphatic heterocycles. The lowest BCUT2D eigenvalue weighted by atomic mass is 10.2. The van der Waals surface area contributed by atoms with E-state index in [1.807, 2.05) is 23.8 Å². The van der Waals surface area contributed by atoms with Crippen LogP contribution in [0.4, 0.5) is 0 Å². The lowest BCUT2D eigenvalue weighted by molar-refractivity contribution is 0.182. The molecule has 136 valence electrons. The van der Waals surface area contributed by atoms with Crippen molar-refractivity contribution >= 4 is 10.0 Å². The van der Waals surface area contributed by atoms with Crippen LogP contribution in [-0.2, 0) is 16.6 Å². The zero-order valence-electron chi connectivity index (χ0n) is 14.6. The van der Waals surface area contributed by atoms with E-state index in [9.17, 15) is 8.42 Å². The summed E-state index contributed by atoms with van der Waals surface area (Å²) in [6.45, 7) is 6.06. The number of aryl methyl sites for hydroxylation is 1. The predicted octanol–water partition coefficient (Wildman–Crippen LogP) is 1.21. The molecule has 1 aromatic carbocycles.